The molecule has 0 bridgehead atoms. The van der Waals surface area contributed by atoms with Gasteiger partial charge in [0.1, 0.15) is 5.01 Å². The van der Waals surface area contributed by atoms with Crippen LogP contribution in [-0.2, 0) is 0 Å². The highest BCUT2D eigenvalue weighted by molar-refractivity contribution is 7.13. The smallest absolute Gasteiger partial charge is 0.282 e. The van der Waals surface area contributed by atoms with Crippen molar-refractivity contribution in [1.29, 1.82) is 0 Å². The summed E-state index contributed by atoms with van der Waals surface area (Å²) in [6, 6.07) is -0.329. The Bertz CT molecular complexity index is 535. The molecule has 0 spiro atoms. The molecule has 0 radical (unpaired) electrons. The quantitative estimate of drug-likeness (QED) is 0.878. The van der Waals surface area contributed by atoms with Crippen molar-refractivity contribution in [3.8, 4) is 0 Å². The number of carbonyl (C=O) groups is 1. The zero-order valence-corrected chi connectivity index (χ0v) is 10.4. The lowest BCUT2D eigenvalue weighted by molar-refractivity contribution is 0.0936. The lowest BCUT2D eigenvalue weighted by atomic mass is 10.3. The van der Waals surface area contributed by atoms with E-state index in [4.69, 9.17) is 4.52 Å². The zero-order valence-electron chi connectivity index (χ0n) is 9.59. The number of nitrogens with one attached hydrogen (secondary N) is 1. The first-order valence-corrected chi connectivity index (χ1v) is 5.79. The molecular formula is C9H11N5O2S. The molecule has 2 aromatic heterocycles. The molecule has 2 rings (SSSR count). The SMILES string of the molecule is Cc1nc([C@@H](C)NC(=O)c2nnc(C)s2)no1. The van der Waals surface area contributed by atoms with Crippen LogP contribution in [0.4, 0.5) is 0 Å². The van der Waals surface area contributed by atoms with E-state index in [9.17, 15) is 4.79 Å². The number of aromatic nitrogens is 4. The van der Waals surface area contributed by atoms with E-state index in [0.717, 1.165) is 5.01 Å². The van der Waals surface area contributed by atoms with Crippen LogP contribution in [0.2, 0.25) is 0 Å². The summed E-state index contributed by atoms with van der Waals surface area (Å²) in [6.45, 7) is 5.26. The molecule has 17 heavy (non-hydrogen) atoms. The predicted octanol–water partition coefficient (Wildman–Crippen LogP) is 1.03. The summed E-state index contributed by atoms with van der Waals surface area (Å²) in [5, 5.41) is 15.1. The van der Waals surface area contributed by atoms with Crippen LogP contribution in [0.25, 0.3) is 0 Å². The summed E-state index contributed by atoms with van der Waals surface area (Å²) in [5.41, 5.74) is 0. The number of nitrogens with zero attached hydrogens (tertiary/aromatic N) is 4. The van der Waals surface area contributed by atoms with E-state index in [-0.39, 0.29) is 11.9 Å². The molecule has 0 aromatic carbocycles. The molecule has 7 nitrogen and oxygen atoms in total. The molecule has 0 aliphatic rings. The van der Waals surface area contributed by atoms with Crippen molar-refractivity contribution in [2.24, 2.45) is 0 Å². The minimum atomic E-state index is -0.329. The molecule has 90 valence electrons. The van der Waals surface area contributed by atoms with Crippen LogP contribution < -0.4 is 5.32 Å². The van der Waals surface area contributed by atoms with Crippen LogP contribution in [-0.4, -0.2) is 26.2 Å². The van der Waals surface area contributed by atoms with Gasteiger partial charge in [0.15, 0.2) is 5.82 Å². The van der Waals surface area contributed by atoms with E-state index < -0.39 is 0 Å². The van der Waals surface area contributed by atoms with Gasteiger partial charge in [0.2, 0.25) is 10.9 Å². The third kappa shape index (κ3) is 2.64. The van der Waals surface area contributed by atoms with Crippen LogP contribution in [0.15, 0.2) is 4.52 Å². The topological polar surface area (TPSA) is 93.8 Å². The molecule has 1 atom stereocenters. The van der Waals surface area contributed by atoms with Crippen LogP contribution in [0, 0.1) is 13.8 Å². The predicted molar refractivity (Wildman–Crippen MR) is 59.6 cm³/mol. The van der Waals surface area contributed by atoms with Gasteiger partial charge < -0.3 is 9.84 Å². The van der Waals surface area contributed by atoms with Crippen molar-refractivity contribution < 1.29 is 9.32 Å². The van der Waals surface area contributed by atoms with Gasteiger partial charge in [0.05, 0.1) is 6.04 Å². The van der Waals surface area contributed by atoms with Crippen molar-refractivity contribution in [2.75, 3.05) is 0 Å². The highest BCUT2D eigenvalue weighted by Gasteiger charge is 2.18. The van der Waals surface area contributed by atoms with E-state index >= 15 is 0 Å². The molecule has 0 saturated heterocycles. The summed E-state index contributed by atoms with van der Waals surface area (Å²) in [6.07, 6.45) is 0. The standard InChI is InChI=1S/C9H11N5O2S/c1-4(7-11-5(2)16-14-7)10-8(15)9-13-12-6(3)17-9/h4H,1-3H3,(H,10,15)/t4-/m1/s1. The van der Waals surface area contributed by atoms with Crippen molar-refractivity contribution in [2.45, 2.75) is 26.8 Å². The monoisotopic (exact) mass is 253 g/mol. The first kappa shape index (κ1) is 11.6. The van der Waals surface area contributed by atoms with Gasteiger partial charge >= 0.3 is 0 Å². The van der Waals surface area contributed by atoms with Gasteiger partial charge in [-0.3, -0.25) is 4.79 Å². The second-order valence-corrected chi connectivity index (χ2v) is 4.67. The second-order valence-electron chi connectivity index (χ2n) is 3.49. The van der Waals surface area contributed by atoms with Crippen LogP contribution in [0.1, 0.15) is 39.5 Å². The summed E-state index contributed by atoms with van der Waals surface area (Å²) in [4.78, 5) is 15.8. The molecular weight excluding hydrogens is 242 g/mol. The summed E-state index contributed by atoms with van der Waals surface area (Å²) >= 11 is 1.24. The Labute approximate surface area is 101 Å². The van der Waals surface area contributed by atoms with Crippen molar-refractivity contribution in [3.05, 3.63) is 21.7 Å². The molecule has 0 aliphatic heterocycles. The van der Waals surface area contributed by atoms with E-state index in [0.29, 0.717) is 16.7 Å². The Kier molecular flexibility index (Phi) is 3.14. The van der Waals surface area contributed by atoms with Gasteiger partial charge in [-0.05, 0) is 13.8 Å². The Balaban J connectivity index is 2.04. The third-order valence-corrected chi connectivity index (χ3v) is 2.84. The van der Waals surface area contributed by atoms with Crippen molar-refractivity contribution in [3.63, 3.8) is 0 Å². The summed E-state index contributed by atoms with van der Waals surface area (Å²) < 4.78 is 4.84. The maximum Gasteiger partial charge on any atom is 0.282 e. The fraction of sp³-hybridized carbons (Fsp3) is 0.444. The Morgan fingerprint density at radius 1 is 1.41 bits per heavy atom. The van der Waals surface area contributed by atoms with Gasteiger partial charge in [-0.15, -0.1) is 10.2 Å². The van der Waals surface area contributed by atoms with Crippen LogP contribution in [0.5, 0.6) is 0 Å². The fourth-order valence-corrected chi connectivity index (χ4v) is 1.80. The molecule has 0 fully saturated rings. The maximum absolute atomic E-state index is 11.8. The Morgan fingerprint density at radius 2 is 2.18 bits per heavy atom. The molecule has 0 aliphatic carbocycles. The number of hydrogen-bond donors (Lipinski definition) is 1. The number of aryl methyl sites for hydroxylation is 2. The molecule has 1 N–H and O–H groups in total. The van der Waals surface area contributed by atoms with Crippen LogP contribution >= 0.6 is 11.3 Å². The van der Waals surface area contributed by atoms with Gasteiger partial charge in [-0.2, -0.15) is 4.98 Å². The van der Waals surface area contributed by atoms with E-state index in [1.54, 1.807) is 20.8 Å². The molecule has 1 amide bonds. The minimum Gasteiger partial charge on any atom is -0.340 e. The highest BCUT2D eigenvalue weighted by atomic mass is 32.1. The van der Waals surface area contributed by atoms with E-state index in [2.05, 4.69) is 25.7 Å². The van der Waals surface area contributed by atoms with Gasteiger partial charge in [-0.1, -0.05) is 16.5 Å². The summed E-state index contributed by atoms with van der Waals surface area (Å²) in [7, 11) is 0. The zero-order chi connectivity index (χ0) is 12.4. The Morgan fingerprint density at radius 3 is 2.71 bits per heavy atom. The average molecular weight is 253 g/mol. The number of hydrogen-bond acceptors (Lipinski definition) is 7. The molecule has 2 heterocycles. The number of rotatable bonds is 3. The Hall–Kier alpha value is -1.83. The normalized spacial score (nSPS) is 12.4. The average Bonchev–Trinajstić information content (AvgIpc) is 2.87. The lowest BCUT2D eigenvalue weighted by Gasteiger charge is -2.07. The first-order chi connectivity index (χ1) is 8.06. The van der Waals surface area contributed by atoms with Crippen LogP contribution in [0.3, 0.4) is 0 Å². The molecule has 2 aromatic rings. The largest absolute Gasteiger partial charge is 0.340 e. The first-order valence-electron chi connectivity index (χ1n) is 4.97. The van der Waals surface area contributed by atoms with Gasteiger partial charge in [0.25, 0.3) is 5.91 Å². The van der Waals surface area contributed by atoms with Gasteiger partial charge in [-0.25, -0.2) is 0 Å². The lowest BCUT2D eigenvalue weighted by Crippen LogP contribution is -2.27. The number of amides is 1. The molecule has 8 heteroatoms. The highest BCUT2D eigenvalue weighted by Crippen LogP contribution is 2.11. The van der Waals surface area contributed by atoms with E-state index in [1.807, 2.05) is 0 Å². The molecule has 0 unspecified atom stereocenters. The minimum absolute atomic E-state index is 0.287. The number of carbonyl (C=O) groups excluding carboxylic acids is 1. The maximum atomic E-state index is 11.8. The fourth-order valence-electron chi connectivity index (χ4n) is 1.20. The molecule has 0 saturated carbocycles. The van der Waals surface area contributed by atoms with Crippen molar-refractivity contribution >= 4 is 17.2 Å². The van der Waals surface area contributed by atoms with E-state index in [1.165, 1.54) is 11.3 Å². The third-order valence-electron chi connectivity index (χ3n) is 2.00. The summed E-state index contributed by atoms with van der Waals surface area (Å²) in [5.74, 6) is 0.621. The van der Waals surface area contributed by atoms with Crippen molar-refractivity contribution in [1.82, 2.24) is 25.7 Å². The van der Waals surface area contributed by atoms with Gasteiger partial charge in [0, 0.05) is 6.92 Å². The second kappa shape index (κ2) is 4.58.